The normalized spacial score (nSPS) is 23.2. The zero-order chi connectivity index (χ0) is 23.9. The van der Waals surface area contributed by atoms with Crippen LogP contribution in [0.4, 0.5) is 8.78 Å². The van der Waals surface area contributed by atoms with Crippen molar-refractivity contribution in [1.29, 1.82) is 0 Å². The minimum Gasteiger partial charge on any atom is -0.381 e. The van der Waals surface area contributed by atoms with E-state index >= 15 is 0 Å². The Morgan fingerprint density at radius 3 is 2.41 bits per heavy atom. The fourth-order valence-corrected chi connectivity index (χ4v) is 5.96. The first-order valence-corrected chi connectivity index (χ1v) is 11.8. The van der Waals surface area contributed by atoms with E-state index in [1.165, 1.54) is 14.0 Å². The quantitative estimate of drug-likeness (QED) is 0.703. The van der Waals surface area contributed by atoms with E-state index in [0.717, 1.165) is 28.1 Å². The van der Waals surface area contributed by atoms with E-state index in [4.69, 9.17) is 10.5 Å². The maximum absolute atomic E-state index is 14.8. The second-order valence-corrected chi connectivity index (χ2v) is 10.8. The molecule has 0 aromatic heterocycles. The number of aliphatic imine (C=N–C) groups is 1. The lowest BCUT2D eigenvalue weighted by molar-refractivity contribution is 0.105. The Bertz CT molecular complexity index is 1130. The lowest BCUT2D eigenvalue weighted by atomic mass is 9.82. The lowest BCUT2D eigenvalue weighted by Gasteiger charge is -2.41. The van der Waals surface area contributed by atoms with Crippen LogP contribution in [0.2, 0.25) is 0 Å². The maximum Gasteiger partial charge on any atom is 0.247 e. The molecule has 0 saturated carbocycles. The Morgan fingerprint density at radius 1 is 1.19 bits per heavy atom. The predicted octanol–water partition coefficient (Wildman–Crippen LogP) is 3.83. The number of benzene rings is 2. The number of halogens is 2. The van der Waals surface area contributed by atoms with Crippen molar-refractivity contribution in [3.8, 4) is 0 Å². The first-order chi connectivity index (χ1) is 14.8. The highest BCUT2D eigenvalue weighted by Crippen LogP contribution is 2.48. The number of nitrogens with two attached hydrogens (primary N) is 1. The minimum absolute atomic E-state index is 0.178. The third-order valence-corrected chi connectivity index (χ3v) is 8.27. The molecule has 0 unspecified atom stereocenters. The molecule has 0 spiro atoms. The molecule has 9 heteroatoms. The number of ether oxygens (including phenoxy) is 1. The van der Waals surface area contributed by atoms with Crippen LogP contribution in [-0.2, 0) is 25.7 Å². The SMILES string of the molecule is CCOCC(C)(C)c1ccc([C@@H]2[C@@](C)(c3cc(F)ccc3F)N=C(N)N(C)S2(=O)=O)cc1. The van der Waals surface area contributed by atoms with Gasteiger partial charge in [-0.05, 0) is 43.2 Å². The second-order valence-electron chi connectivity index (χ2n) is 8.78. The highest BCUT2D eigenvalue weighted by atomic mass is 32.2. The van der Waals surface area contributed by atoms with Gasteiger partial charge < -0.3 is 10.5 Å². The highest BCUT2D eigenvalue weighted by molar-refractivity contribution is 7.90. The Kier molecular flexibility index (Phi) is 6.36. The van der Waals surface area contributed by atoms with Crippen LogP contribution in [0.25, 0.3) is 0 Å². The van der Waals surface area contributed by atoms with E-state index in [9.17, 15) is 17.2 Å². The Hall–Kier alpha value is -2.52. The molecule has 1 aliphatic heterocycles. The van der Waals surface area contributed by atoms with Crippen molar-refractivity contribution in [3.63, 3.8) is 0 Å². The molecule has 6 nitrogen and oxygen atoms in total. The van der Waals surface area contributed by atoms with E-state index < -0.39 is 32.4 Å². The zero-order valence-corrected chi connectivity index (χ0v) is 19.7. The summed E-state index contributed by atoms with van der Waals surface area (Å²) in [5.41, 5.74) is 5.10. The van der Waals surface area contributed by atoms with E-state index in [1.807, 2.05) is 32.9 Å². The lowest BCUT2D eigenvalue weighted by Crippen LogP contribution is -2.52. The molecule has 0 fully saturated rings. The molecule has 2 aromatic carbocycles. The summed E-state index contributed by atoms with van der Waals surface area (Å²) in [7, 11) is -2.79. The van der Waals surface area contributed by atoms with Gasteiger partial charge in [0.05, 0.1) is 6.61 Å². The molecule has 2 atom stereocenters. The van der Waals surface area contributed by atoms with Crippen molar-refractivity contribution in [3.05, 3.63) is 70.8 Å². The molecule has 1 heterocycles. The molecule has 0 radical (unpaired) electrons. The number of hydrogen-bond acceptors (Lipinski definition) is 5. The van der Waals surface area contributed by atoms with Crippen molar-refractivity contribution in [2.75, 3.05) is 20.3 Å². The summed E-state index contributed by atoms with van der Waals surface area (Å²) in [5, 5.41) is -1.31. The molecule has 32 heavy (non-hydrogen) atoms. The van der Waals surface area contributed by atoms with Gasteiger partial charge in [-0.25, -0.2) is 26.5 Å². The van der Waals surface area contributed by atoms with Crippen LogP contribution >= 0.6 is 0 Å². The summed E-state index contributed by atoms with van der Waals surface area (Å²) in [5.74, 6) is -1.74. The summed E-state index contributed by atoms with van der Waals surface area (Å²) in [6.07, 6.45) is 0. The van der Waals surface area contributed by atoms with Crippen LogP contribution in [0.5, 0.6) is 0 Å². The molecule has 0 saturated heterocycles. The molecule has 1 aliphatic rings. The summed E-state index contributed by atoms with van der Waals surface area (Å²) in [4.78, 5) is 4.35. The van der Waals surface area contributed by atoms with Crippen molar-refractivity contribution in [2.24, 2.45) is 10.7 Å². The fraction of sp³-hybridized carbons (Fsp3) is 0.435. The molecule has 0 amide bonds. The number of nitrogens with zero attached hydrogens (tertiary/aromatic N) is 2. The summed E-state index contributed by atoms with van der Waals surface area (Å²) in [6.45, 7) is 8.52. The molecular formula is C23H29F2N3O3S. The van der Waals surface area contributed by atoms with E-state index in [-0.39, 0.29) is 16.9 Å². The van der Waals surface area contributed by atoms with Crippen LogP contribution in [-0.4, -0.2) is 38.9 Å². The zero-order valence-electron chi connectivity index (χ0n) is 18.9. The van der Waals surface area contributed by atoms with Crippen LogP contribution in [0.1, 0.15) is 49.6 Å². The number of sulfonamides is 1. The van der Waals surface area contributed by atoms with Gasteiger partial charge in [0.15, 0.2) is 0 Å². The summed E-state index contributed by atoms with van der Waals surface area (Å²) < 4.78 is 62.2. The summed E-state index contributed by atoms with van der Waals surface area (Å²) in [6, 6.07) is 9.93. The van der Waals surface area contributed by atoms with Crippen molar-refractivity contribution >= 4 is 16.0 Å². The molecule has 2 aromatic rings. The monoisotopic (exact) mass is 465 g/mol. The average molecular weight is 466 g/mol. The van der Waals surface area contributed by atoms with Gasteiger partial charge in [0.1, 0.15) is 22.4 Å². The van der Waals surface area contributed by atoms with Crippen molar-refractivity contribution in [1.82, 2.24) is 4.31 Å². The number of hydrogen-bond donors (Lipinski definition) is 1. The highest BCUT2D eigenvalue weighted by Gasteiger charge is 2.52. The second kappa shape index (κ2) is 8.44. The van der Waals surface area contributed by atoms with Crippen molar-refractivity contribution in [2.45, 2.75) is 43.9 Å². The van der Waals surface area contributed by atoms with Crippen LogP contribution < -0.4 is 5.73 Å². The number of rotatable bonds is 6. The molecule has 2 N–H and O–H groups in total. The van der Waals surface area contributed by atoms with Gasteiger partial charge in [0, 0.05) is 24.6 Å². The largest absolute Gasteiger partial charge is 0.381 e. The van der Waals surface area contributed by atoms with Gasteiger partial charge >= 0.3 is 0 Å². The first-order valence-electron chi connectivity index (χ1n) is 10.3. The standard InChI is InChI=1S/C23H29F2N3O3S/c1-6-31-14-22(2,3)16-9-7-15(8-10-16)20-23(4,18-13-17(24)11-12-19(18)25)27-21(26)28(5)32(20,29)30/h7-13,20H,6,14H2,1-5H3,(H2,26,27)/t20-,23-/m1/s1. The summed E-state index contributed by atoms with van der Waals surface area (Å²) >= 11 is 0. The third-order valence-electron chi connectivity index (χ3n) is 6.00. The minimum atomic E-state index is -4.09. The van der Waals surface area contributed by atoms with Crippen LogP contribution in [0.3, 0.4) is 0 Å². The van der Waals surface area contributed by atoms with E-state index in [0.29, 0.717) is 18.8 Å². The maximum atomic E-state index is 14.8. The Balaban J connectivity index is 2.18. The molecule has 0 bridgehead atoms. The van der Waals surface area contributed by atoms with E-state index in [1.54, 1.807) is 12.1 Å². The smallest absolute Gasteiger partial charge is 0.247 e. The topological polar surface area (TPSA) is 85.0 Å². The molecule has 3 rings (SSSR count). The van der Waals surface area contributed by atoms with Gasteiger partial charge in [-0.15, -0.1) is 0 Å². The van der Waals surface area contributed by atoms with E-state index in [2.05, 4.69) is 4.99 Å². The van der Waals surface area contributed by atoms with Crippen LogP contribution in [0.15, 0.2) is 47.5 Å². The molecule has 0 aliphatic carbocycles. The first kappa shape index (κ1) is 24.1. The predicted molar refractivity (Wildman–Crippen MR) is 121 cm³/mol. The molecular weight excluding hydrogens is 436 g/mol. The Morgan fingerprint density at radius 2 is 1.81 bits per heavy atom. The Labute approximate surface area is 188 Å². The van der Waals surface area contributed by atoms with Gasteiger partial charge in [-0.1, -0.05) is 38.1 Å². The fourth-order valence-electron chi connectivity index (χ4n) is 4.08. The van der Waals surface area contributed by atoms with Gasteiger partial charge in [0.25, 0.3) is 0 Å². The van der Waals surface area contributed by atoms with Crippen molar-refractivity contribution < 1.29 is 21.9 Å². The van der Waals surface area contributed by atoms with Gasteiger partial charge in [0.2, 0.25) is 16.0 Å². The van der Waals surface area contributed by atoms with Gasteiger partial charge in [-0.3, -0.25) is 0 Å². The third kappa shape index (κ3) is 4.11. The number of guanidine groups is 1. The molecule has 174 valence electrons. The van der Waals surface area contributed by atoms with Gasteiger partial charge in [-0.2, -0.15) is 0 Å². The average Bonchev–Trinajstić information content (AvgIpc) is 2.72. The van der Waals surface area contributed by atoms with Crippen LogP contribution in [0, 0.1) is 11.6 Å².